The van der Waals surface area contributed by atoms with Crippen molar-refractivity contribution in [2.75, 3.05) is 37.7 Å². The summed E-state index contributed by atoms with van der Waals surface area (Å²) < 4.78 is 1.65. The Morgan fingerprint density at radius 3 is 3.10 bits per heavy atom. The van der Waals surface area contributed by atoms with Gasteiger partial charge in [0.2, 0.25) is 0 Å². The van der Waals surface area contributed by atoms with Crippen LogP contribution in [-0.4, -0.2) is 51.3 Å². The summed E-state index contributed by atoms with van der Waals surface area (Å²) in [6.07, 6.45) is 7.53. The second-order valence-electron chi connectivity index (χ2n) is 5.56. The summed E-state index contributed by atoms with van der Waals surface area (Å²) in [7, 11) is 2.17. The van der Waals surface area contributed by atoms with Crippen LogP contribution in [0, 0.1) is 5.92 Å². The minimum absolute atomic E-state index is 0.533. The lowest BCUT2D eigenvalue weighted by atomic mass is 9.98. The Morgan fingerprint density at radius 1 is 1.43 bits per heavy atom. The molecule has 1 saturated heterocycles. The van der Waals surface area contributed by atoms with E-state index < -0.39 is 0 Å². The average molecular weight is 287 g/mol. The van der Waals surface area contributed by atoms with Crippen molar-refractivity contribution in [3.8, 4) is 5.82 Å². The van der Waals surface area contributed by atoms with E-state index in [1.165, 1.54) is 25.7 Å². The van der Waals surface area contributed by atoms with Gasteiger partial charge in [0.25, 0.3) is 0 Å². The van der Waals surface area contributed by atoms with E-state index in [2.05, 4.69) is 32.3 Å². The van der Waals surface area contributed by atoms with Gasteiger partial charge in [-0.25, -0.2) is 14.6 Å². The molecular formula is C14H21N7. The second-order valence-corrected chi connectivity index (χ2v) is 5.56. The third-order valence-corrected chi connectivity index (χ3v) is 3.86. The zero-order chi connectivity index (χ0) is 14.7. The second kappa shape index (κ2) is 6.09. The highest BCUT2D eigenvalue weighted by Gasteiger charge is 2.18. The van der Waals surface area contributed by atoms with Gasteiger partial charge >= 0.3 is 0 Å². The van der Waals surface area contributed by atoms with Crippen LogP contribution < -0.4 is 11.1 Å². The van der Waals surface area contributed by atoms with E-state index in [-0.39, 0.29) is 0 Å². The van der Waals surface area contributed by atoms with Crippen molar-refractivity contribution in [3.63, 3.8) is 0 Å². The predicted octanol–water partition coefficient (Wildman–Crippen LogP) is 0.998. The van der Waals surface area contributed by atoms with Gasteiger partial charge < -0.3 is 16.0 Å². The van der Waals surface area contributed by atoms with Crippen LogP contribution in [-0.2, 0) is 0 Å². The van der Waals surface area contributed by atoms with Gasteiger partial charge in [0.1, 0.15) is 12.0 Å². The fourth-order valence-corrected chi connectivity index (χ4v) is 2.78. The minimum atomic E-state index is 0.533. The number of hydrogen-bond acceptors (Lipinski definition) is 6. The van der Waals surface area contributed by atoms with Crippen molar-refractivity contribution < 1.29 is 0 Å². The number of rotatable bonds is 4. The van der Waals surface area contributed by atoms with Crippen molar-refractivity contribution in [2.45, 2.75) is 12.8 Å². The number of nitrogens with one attached hydrogen (secondary N) is 1. The third kappa shape index (κ3) is 3.13. The number of nitrogens with two attached hydrogens (primary N) is 1. The molecule has 0 spiro atoms. The van der Waals surface area contributed by atoms with Crippen LogP contribution in [0.1, 0.15) is 12.8 Å². The maximum atomic E-state index is 6.16. The topological polar surface area (TPSA) is 84.9 Å². The molecule has 1 unspecified atom stereocenters. The average Bonchev–Trinajstić information content (AvgIpc) is 3.00. The summed E-state index contributed by atoms with van der Waals surface area (Å²) >= 11 is 0. The number of hydrogen-bond donors (Lipinski definition) is 2. The van der Waals surface area contributed by atoms with Crippen LogP contribution in [0.25, 0.3) is 5.82 Å². The summed E-state index contributed by atoms with van der Waals surface area (Å²) in [5.41, 5.74) is 6.69. The van der Waals surface area contributed by atoms with E-state index in [1.807, 2.05) is 12.3 Å². The summed E-state index contributed by atoms with van der Waals surface area (Å²) in [6, 6.07) is 1.84. The van der Waals surface area contributed by atoms with Gasteiger partial charge in [0.15, 0.2) is 11.6 Å². The van der Waals surface area contributed by atoms with Gasteiger partial charge in [-0.15, -0.1) is 0 Å². The smallest absolute Gasteiger partial charge is 0.181 e. The molecule has 3 rings (SSSR count). The highest BCUT2D eigenvalue weighted by atomic mass is 15.3. The molecule has 7 heteroatoms. The first-order chi connectivity index (χ1) is 10.2. The lowest BCUT2D eigenvalue weighted by Gasteiger charge is -2.29. The van der Waals surface area contributed by atoms with Gasteiger partial charge in [-0.05, 0) is 38.4 Å². The van der Waals surface area contributed by atoms with Crippen LogP contribution in [0.15, 0.2) is 24.8 Å². The Morgan fingerprint density at radius 2 is 2.33 bits per heavy atom. The Balaban J connectivity index is 1.70. The fourth-order valence-electron chi connectivity index (χ4n) is 2.78. The van der Waals surface area contributed by atoms with Crippen LogP contribution >= 0.6 is 0 Å². The highest BCUT2D eigenvalue weighted by Crippen LogP contribution is 2.22. The highest BCUT2D eigenvalue weighted by molar-refractivity contribution is 5.68. The molecule has 2 aromatic heterocycles. The van der Waals surface area contributed by atoms with E-state index in [9.17, 15) is 0 Å². The maximum Gasteiger partial charge on any atom is 0.181 e. The SMILES string of the molecule is CN1CCCC(CNc2ncnc(-n3cccn3)c2N)C1. The molecule has 0 aromatic carbocycles. The van der Waals surface area contributed by atoms with Gasteiger partial charge in [-0.1, -0.05) is 0 Å². The van der Waals surface area contributed by atoms with Gasteiger partial charge in [0.05, 0.1) is 0 Å². The number of piperidine rings is 1. The van der Waals surface area contributed by atoms with Crippen molar-refractivity contribution in [1.29, 1.82) is 0 Å². The van der Waals surface area contributed by atoms with Crippen LogP contribution in [0.4, 0.5) is 11.5 Å². The minimum Gasteiger partial charge on any atom is -0.393 e. The van der Waals surface area contributed by atoms with Crippen molar-refractivity contribution in [3.05, 3.63) is 24.8 Å². The van der Waals surface area contributed by atoms with Crippen molar-refractivity contribution >= 4 is 11.5 Å². The van der Waals surface area contributed by atoms with Gasteiger partial charge in [-0.3, -0.25) is 0 Å². The number of aromatic nitrogens is 4. The normalized spacial score (nSPS) is 19.6. The van der Waals surface area contributed by atoms with Crippen molar-refractivity contribution in [2.24, 2.45) is 5.92 Å². The molecule has 0 bridgehead atoms. The van der Waals surface area contributed by atoms with Crippen LogP contribution in [0.2, 0.25) is 0 Å². The fraction of sp³-hybridized carbons (Fsp3) is 0.500. The Bertz CT molecular complexity index is 581. The van der Waals surface area contributed by atoms with Gasteiger partial charge in [-0.2, -0.15) is 5.10 Å². The Kier molecular flexibility index (Phi) is 4.01. The lowest BCUT2D eigenvalue weighted by molar-refractivity contribution is 0.217. The molecule has 0 amide bonds. The molecule has 21 heavy (non-hydrogen) atoms. The van der Waals surface area contributed by atoms with Gasteiger partial charge in [0, 0.05) is 25.5 Å². The Hall–Kier alpha value is -2.15. The molecule has 1 fully saturated rings. The summed E-state index contributed by atoms with van der Waals surface area (Å²) in [5, 5.41) is 7.52. The monoisotopic (exact) mass is 287 g/mol. The molecule has 3 N–H and O–H groups in total. The first kappa shape index (κ1) is 13.8. The van der Waals surface area contributed by atoms with E-state index in [0.29, 0.717) is 23.2 Å². The molecule has 1 aliphatic heterocycles. The number of anilines is 2. The first-order valence-corrected chi connectivity index (χ1v) is 7.27. The Labute approximate surface area is 124 Å². The van der Waals surface area contributed by atoms with Crippen molar-refractivity contribution in [1.82, 2.24) is 24.6 Å². The zero-order valence-electron chi connectivity index (χ0n) is 12.2. The molecule has 7 nitrogen and oxygen atoms in total. The molecule has 3 heterocycles. The van der Waals surface area contributed by atoms with E-state index in [0.717, 1.165) is 13.1 Å². The van der Waals surface area contributed by atoms with E-state index in [1.54, 1.807) is 10.9 Å². The maximum absolute atomic E-state index is 6.16. The third-order valence-electron chi connectivity index (χ3n) is 3.86. The molecule has 0 saturated carbocycles. The lowest BCUT2D eigenvalue weighted by Crippen LogP contribution is -2.35. The molecule has 0 aliphatic carbocycles. The number of nitrogens with zero attached hydrogens (tertiary/aromatic N) is 5. The molecule has 1 atom stereocenters. The number of likely N-dealkylation sites (tertiary alicyclic amines) is 1. The molecule has 2 aromatic rings. The largest absolute Gasteiger partial charge is 0.393 e. The summed E-state index contributed by atoms with van der Waals surface area (Å²) in [6.45, 7) is 3.18. The van der Waals surface area contributed by atoms with Crippen LogP contribution in [0.5, 0.6) is 0 Å². The quantitative estimate of drug-likeness (QED) is 0.872. The van der Waals surface area contributed by atoms with E-state index in [4.69, 9.17) is 5.73 Å². The van der Waals surface area contributed by atoms with E-state index >= 15 is 0 Å². The summed E-state index contributed by atoms with van der Waals surface area (Å²) in [4.78, 5) is 10.8. The summed E-state index contributed by atoms with van der Waals surface area (Å²) in [5.74, 6) is 1.92. The molecule has 112 valence electrons. The first-order valence-electron chi connectivity index (χ1n) is 7.27. The van der Waals surface area contributed by atoms with Crippen LogP contribution in [0.3, 0.4) is 0 Å². The zero-order valence-corrected chi connectivity index (χ0v) is 12.2. The standard InChI is InChI=1S/C14H21N7/c1-20-6-2-4-11(9-20)8-16-13-12(15)14(18-10-17-13)21-7-3-5-19-21/h3,5,7,10-11H,2,4,6,8-9,15H2,1H3,(H,16,17,18). The molecular weight excluding hydrogens is 266 g/mol. The predicted molar refractivity (Wildman–Crippen MR) is 82.3 cm³/mol. The molecule has 0 radical (unpaired) electrons. The number of nitrogen functional groups attached to an aromatic ring is 1. The molecule has 1 aliphatic rings.